The number of hydrogen-bond acceptors (Lipinski definition) is 7. The molecule has 1 aliphatic carbocycles. The van der Waals surface area contributed by atoms with Crippen LogP contribution in [-0.4, -0.2) is 58.3 Å². The zero-order valence-electron chi connectivity index (χ0n) is 16.1. The van der Waals surface area contributed by atoms with Crippen LogP contribution in [0, 0.1) is 0 Å². The van der Waals surface area contributed by atoms with Crippen LogP contribution in [0.4, 0.5) is 11.5 Å². The van der Waals surface area contributed by atoms with Gasteiger partial charge in [0.25, 0.3) is 0 Å². The summed E-state index contributed by atoms with van der Waals surface area (Å²) in [4.78, 5) is 34.0. The second-order valence-electron chi connectivity index (χ2n) is 7.51. The Balaban J connectivity index is 1.63. The predicted octanol–water partition coefficient (Wildman–Crippen LogP) is 1.50. The minimum Gasteiger partial charge on any atom is -0.477 e. The number of nitrogens with zero attached hydrogens (tertiary/aromatic N) is 3. The van der Waals surface area contributed by atoms with E-state index in [0.29, 0.717) is 37.0 Å². The van der Waals surface area contributed by atoms with Crippen LogP contribution < -0.4 is 16.0 Å². The highest BCUT2D eigenvalue weighted by Crippen LogP contribution is 2.38. The molecule has 1 aromatic carbocycles. The van der Waals surface area contributed by atoms with E-state index in [9.17, 15) is 14.7 Å². The maximum Gasteiger partial charge on any atom is 0.354 e. The van der Waals surface area contributed by atoms with E-state index in [1.54, 1.807) is 12.1 Å². The monoisotopic (exact) mass is 397 g/mol. The highest BCUT2D eigenvalue weighted by molar-refractivity contribution is 5.91. The Bertz CT molecular complexity index is 942. The molecule has 1 aliphatic heterocycles. The number of benzene rings is 1. The van der Waals surface area contributed by atoms with Crippen molar-refractivity contribution >= 4 is 23.4 Å². The fourth-order valence-electron chi connectivity index (χ4n) is 3.42. The Hall–Kier alpha value is -3.20. The van der Waals surface area contributed by atoms with Crippen molar-refractivity contribution in [3.8, 4) is 11.4 Å². The smallest absolute Gasteiger partial charge is 0.354 e. The van der Waals surface area contributed by atoms with Crippen LogP contribution in [0.25, 0.3) is 11.4 Å². The van der Waals surface area contributed by atoms with Crippen LogP contribution in [0.15, 0.2) is 30.3 Å². The number of aromatic carboxylic acids is 1. The Morgan fingerprint density at radius 1 is 1.28 bits per heavy atom. The van der Waals surface area contributed by atoms with Crippen LogP contribution in [-0.2, 0) is 9.53 Å². The summed E-state index contributed by atoms with van der Waals surface area (Å²) in [5.74, 6) is -0.563. The summed E-state index contributed by atoms with van der Waals surface area (Å²) in [7, 11) is 0. The maximum atomic E-state index is 11.6. The fraction of sp³-hybridized carbons (Fsp3) is 0.400. The summed E-state index contributed by atoms with van der Waals surface area (Å²) < 4.78 is 5.46. The molecule has 1 atom stereocenters. The van der Waals surface area contributed by atoms with Crippen molar-refractivity contribution in [2.45, 2.75) is 31.3 Å². The van der Waals surface area contributed by atoms with Gasteiger partial charge in [-0.3, -0.25) is 4.79 Å². The summed E-state index contributed by atoms with van der Waals surface area (Å²) in [6.45, 7) is 3.76. The van der Waals surface area contributed by atoms with Crippen LogP contribution in [0.5, 0.6) is 0 Å². The predicted molar refractivity (Wildman–Crippen MR) is 107 cm³/mol. The number of ether oxygens (including phenoxy) is 1. The molecule has 0 unspecified atom stereocenters. The average molecular weight is 397 g/mol. The molecule has 1 saturated heterocycles. The number of carboxylic acid groups (broad SMARTS) is 1. The van der Waals surface area contributed by atoms with Crippen LogP contribution in [0.1, 0.15) is 30.3 Å². The third-order valence-electron chi connectivity index (χ3n) is 5.34. The number of primary amides is 1. The molecule has 1 amide bonds. The third kappa shape index (κ3) is 3.86. The molecule has 2 aliphatic rings. The summed E-state index contributed by atoms with van der Waals surface area (Å²) in [6, 6.07) is 8.80. The molecular weight excluding hydrogens is 374 g/mol. The molecule has 9 nitrogen and oxygen atoms in total. The Morgan fingerprint density at radius 3 is 2.59 bits per heavy atom. The van der Waals surface area contributed by atoms with Gasteiger partial charge in [0, 0.05) is 23.9 Å². The highest BCUT2D eigenvalue weighted by Gasteiger charge is 2.48. The number of nitrogens with two attached hydrogens (primary N) is 1. The number of anilines is 2. The molecule has 1 saturated carbocycles. The third-order valence-corrected chi connectivity index (χ3v) is 5.34. The molecule has 4 N–H and O–H groups in total. The first-order valence-electron chi connectivity index (χ1n) is 9.53. The van der Waals surface area contributed by atoms with Gasteiger partial charge in [0.05, 0.1) is 19.3 Å². The maximum absolute atomic E-state index is 11.6. The van der Waals surface area contributed by atoms with E-state index in [1.807, 2.05) is 24.0 Å². The van der Waals surface area contributed by atoms with Crippen molar-refractivity contribution < 1.29 is 19.4 Å². The number of nitrogens with one attached hydrogen (secondary N) is 1. The van der Waals surface area contributed by atoms with Crippen LogP contribution in [0.3, 0.4) is 0 Å². The van der Waals surface area contributed by atoms with Crippen LogP contribution >= 0.6 is 0 Å². The number of carbonyl (C=O) groups excluding carboxylic acids is 1. The Kier molecular flexibility index (Phi) is 4.83. The van der Waals surface area contributed by atoms with Gasteiger partial charge in [-0.2, -0.15) is 0 Å². The number of morpholine rings is 1. The number of hydrogen-bond donors (Lipinski definition) is 3. The number of aromatic nitrogens is 2. The van der Waals surface area contributed by atoms with Crippen molar-refractivity contribution in [2.24, 2.45) is 5.73 Å². The van der Waals surface area contributed by atoms with Gasteiger partial charge in [0.2, 0.25) is 5.91 Å². The highest BCUT2D eigenvalue weighted by atomic mass is 16.5. The van der Waals surface area contributed by atoms with Crippen LogP contribution in [0.2, 0.25) is 0 Å². The quantitative estimate of drug-likeness (QED) is 0.668. The van der Waals surface area contributed by atoms with E-state index in [-0.39, 0.29) is 17.6 Å². The molecule has 0 spiro atoms. The first-order chi connectivity index (χ1) is 13.9. The summed E-state index contributed by atoms with van der Waals surface area (Å²) in [5.41, 5.74) is 6.19. The van der Waals surface area contributed by atoms with E-state index in [1.165, 1.54) is 6.07 Å². The first-order valence-corrected chi connectivity index (χ1v) is 9.53. The van der Waals surface area contributed by atoms with Gasteiger partial charge in [-0.1, -0.05) is 0 Å². The molecule has 2 fully saturated rings. The molecule has 29 heavy (non-hydrogen) atoms. The van der Waals surface area contributed by atoms with Gasteiger partial charge in [0.15, 0.2) is 11.5 Å². The largest absolute Gasteiger partial charge is 0.477 e. The zero-order valence-corrected chi connectivity index (χ0v) is 16.1. The van der Waals surface area contributed by atoms with Gasteiger partial charge < -0.3 is 25.8 Å². The van der Waals surface area contributed by atoms with E-state index < -0.39 is 11.5 Å². The van der Waals surface area contributed by atoms with E-state index >= 15 is 0 Å². The number of carbonyl (C=O) groups is 2. The van der Waals surface area contributed by atoms with E-state index in [2.05, 4.69) is 15.3 Å². The molecule has 2 aromatic rings. The lowest BCUT2D eigenvalue weighted by Crippen LogP contribution is -2.44. The molecule has 152 valence electrons. The SMILES string of the molecule is C[C@H]1COCCN1c1cc(C(=O)O)nc(-c2ccc(NC3(C(N)=O)CC3)cc2)n1. The van der Waals surface area contributed by atoms with Gasteiger partial charge >= 0.3 is 5.97 Å². The van der Waals surface area contributed by atoms with Gasteiger partial charge in [-0.05, 0) is 44.0 Å². The van der Waals surface area contributed by atoms with Crippen molar-refractivity contribution in [1.82, 2.24) is 9.97 Å². The Labute approximate surface area is 167 Å². The number of carboxylic acids is 1. The second kappa shape index (κ2) is 7.32. The molecule has 1 aromatic heterocycles. The van der Waals surface area contributed by atoms with Crippen molar-refractivity contribution in [3.63, 3.8) is 0 Å². The van der Waals surface area contributed by atoms with Gasteiger partial charge in [0.1, 0.15) is 11.4 Å². The van der Waals surface area contributed by atoms with Crippen molar-refractivity contribution in [1.29, 1.82) is 0 Å². The average Bonchev–Trinajstić information content (AvgIpc) is 3.49. The van der Waals surface area contributed by atoms with Gasteiger partial charge in [-0.25, -0.2) is 14.8 Å². The lowest BCUT2D eigenvalue weighted by molar-refractivity contribution is -0.119. The molecule has 4 rings (SSSR count). The minimum atomic E-state index is -1.11. The van der Waals surface area contributed by atoms with Crippen molar-refractivity contribution in [3.05, 3.63) is 36.0 Å². The van der Waals surface area contributed by atoms with Gasteiger partial charge in [-0.15, -0.1) is 0 Å². The normalized spacial score (nSPS) is 20.2. The lowest BCUT2D eigenvalue weighted by atomic mass is 10.1. The number of amides is 1. The fourth-order valence-corrected chi connectivity index (χ4v) is 3.42. The van der Waals surface area contributed by atoms with E-state index in [4.69, 9.17) is 10.5 Å². The van der Waals surface area contributed by atoms with Crippen molar-refractivity contribution in [2.75, 3.05) is 30.0 Å². The summed E-state index contributed by atoms with van der Waals surface area (Å²) in [6.07, 6.45) is 1.43. The summed E-state index contributed by atoms with van der Waals surface area (Å²) in [5, 5.41) is 12.7. The number of rotatable bonds is 6. The topological polar surface area (TPSA) is 131 Å². The first kappa shape index (κ1) is 19.1. The molecular formula is C20H23N5O4. The molecule has 2 heterocycles. The standard InChI is InChI=1S/C20H23N5O4/c1-12-11-29-9-8-25(12)16-10-15(18(26)27)22-17(23-16)13-2-4-14(5-3-13)24-20(6-7-20)19(21)28/h2-5,10,12,24H,6-9,11H2,1H3,(H2,21,28)(H,26,27)/t12-/m0/s1. The Morgan fingerprint density at radius 2 is 2.00 bits per heavy atom. The molecule has 0 radical (unpaired) electrons. The van der Waals surface area contributed by atoms with E-state index in [0.717, 1.165) is 18.5 Å². The second-order valence-corrected chi connectivity index (χ2v) is 7.51. The minimum absolute atomic E-state index is 0.0587. The zero-order chi connectivity index (χ0) is 20.6. The molecule has 0 bridgehead atoms. The molecule has 9 heteroatoms. The summed E-state index contributed by atoms with van der Waals surface area (Å²) >= 11 is 0. The lowest BCUT2D eigenvalue weighted by Gasteiger charge is -2.34.